The molecule has 1 aromatic heterocycles. The molecule has 0 atom stereocenters. The van der Waals surface area contributed by atoms with Crippen LogP contribution in [0, 0.1) is 0 Å². The first-order valence-corrected chi connectivity index (χ1v) is 7.70. The Morgan fingerprint density at radius 2 is 2.08 bits per heavy atom. The van der Waals surface area contributed by atoms with Crippen molar-refractivity contribution in [3.63, 3.8) is 0 Å². The van der Waals surface area contributed by atoms with Gasteiger partial charge in [-0.3, -0.25) is 4.79 Å². The van der Waals surface area contributed by atoms with E-state index in [0.717, 1.165) is 5.56 Å². The van der Waals surface area contributed by atoms with Crippen LogP contribution in [0.25, 0.3) is 22.6 Å². The van der Waals surface area contributed by atoms with Crippen LogP contribution in [0.3, 0.4) is 0 Å². The average Bonchev–Trinajstić information content (AvgIpc) is 3.29. The van der Waals surface area contributed by atoms with Crippen molar-refractivity contribution in [1.29, 1.82) is 0 Å². The Morgan fingerprint density at radius 3 is 2.85 bits per heavy atom. The number of hydrogen-bond acceptors (Lipinski definition) is 7. The van der Waals surface area contributed by atoms with Gasteiger partial charge in [0.15, 0.2) is 0 Å². The van der Waals surface area contributed by atoms with Crippen LogP contribution in [0.5, 0.6) is 0 Å². The molecule has 1 N–H and O–H groups in total. The number of H-pyrrole nitrogens is 1. The summed E-state index contributed by atoms with van der Waals surface area (Å²) in [7, 11) is 1.26. The first kappa shape index (κ1) is 15.8. The molecule has 0 unspecified atom stereocenters. The highest BCUT2D eigenvalue weighted by Gasteiger charge is 2.22. The monoisotopic (exact) mass is 351 g/mol. The minimum atomic E-state index is -0.591. The van der Waals surface area contributed by atoms with E-state index in [-0.39, 0.29) is 23.4 Å². The Morgan fingerprint density at radius 1 is 1.27 bits per heavy atom. The second-order valence-electron chi connectivity index (χ2n) is 5.53. The van der Waals surface area contributed by atoms with Crippen molar-refractivity contribution in [2.45, 2.75) is 6.54 Å². The van der Waals surface area contributed by atoms with Crippen LogP contribution in [-0.2, 0) is 11.3 Å². The average molecular weight is 351 g/mol. The van der Waals surface area contributed by atoms with E-state index in [0.29, 0.717) is 11.7 Å². The van der Waals surface area contributed by atoms with Crippen LogP contribution in [0.2, 0.25) is 0 Å². The topological polar surface area (TPSA) is 116 Å². The molecule has 0 saturated carbocycles. The van der Waals surface area contributed by atoms with Gasteiger partial charge in [-0.05, 0) is 0 Å². The number of ether oxygens (including phenoxy) is 1. The van der Waals surface area contributed by atoms with E-state index >= 15 is 0 Å². The first-order chi connectivity index (χ1) is 12.7. The predicted octanol–water partition coefficient (Wildman–Crippen LogP) is 1.56. The standard InChI is InChI=1S/C17H13N5O4/c1-25-17(24)12-8-22(7-11-14(12)19-20-16(11)23)9-13-18-15(21-26-13)10-5-3-2-4-6-10/h2-8H,9H2,1H3,(H,20,23). The Bertz CT molecular complexity index is 1100. The SMILES string of the molecule is COC(=O)c1cn(Cc2nc(-c3ccccc3)no2)cc2c(=O)[nH]nc1-2. The quantitative estimate of drug-likeness (QED) is 0.555. The van der Waals surface area contributed by atoms with Crippen molar-refractivity contribution in [1.82, 2.24) is 24.9 Å². The number of methoxy groups -OCH3 is 1. The number of aromatic nitrogens is 5. The van der Waals surface area contributed by atoms with Gasteiger partial charge in [-0.15, -0.1) is 0 Å². The number of nitrogens with zero attached hydrogens (tertiary/aromatic N) is 4. The molecule has 2 aromatic rings. The maximum absolute atomic E-state index is 12.0. The van der Waals surface area contributed by atoms with Gasteiger partial charge >= 0.3 is 5.97 Å². The van der Waals surface area contributed by atoms with Crippen LogP contribution in [0.4, 0.5) is 0 Å². The van der Waals surface area contributed by atoms with Crippen LogP contribution < -0.4 is 5.56 Å². The highest BCUT2D eigenvalue weighted by atomic mass is 16.5. The summed E-state index contributed by atoms with van der Waals surface area (Å²) in [5.74, 6) is 0.203. The van der Waals surface area contributed by atoms with Crippen LogP contribution in [-0.4, -0.2) is 38.0 Å². The number of nitrogens with one attached hydrogen (secondary N) is 1. The number of benzene rings is 1. The summed E-state index contributed by atoms with van der Waals surface area (Å²) < 4.78 is 11.6. The number of carbonyl (C=O) groups excluding carboxylic acids is 1. The summed E-state index contributed by atoms with van der Waals surface area (Å²) in [5, 5.41) is 10.2. The second-order valence-corrected chi connectivity index (χ2v) is 5.53. The normalized spacial score (nSPS) is 11.0. The fourth-order valence-electron chi connectivity index (χ4n) is 2.62. The van der Waals surface area contributed by atoms with Gasteiger partial charge in [0, 0.05) is 18.0 Å². The number of aromatic amines is 1. The number of rotatable bonds is 4. The molecule has 2 aliphatic rings. The van der Waals surface area contributed by atoms with E-state index in [1.165, 1.54) is 13.3 Å². The number of hydrogen-bond donors (Lipinski definition) is 1. The molecule has 0 fully saturated rings. The molecule has 26 heavy (non-hydrogen) atoms. The lowest BCUT2D eigenvalue weighted by Crippen LogP contribution is -2.12. The van der Waals surface area contributed by atoms with Crippen molar-refractivity contribution in [2.24, 2.45) is 0 Å². The number of carbonyl (C=O) groups is 1. The Labute approximate surface area is 146 Å². The third-order valence-electron chi connectivity index (χ3n) is 3.84. The lowest BCUT2D eigenvalue weighted by atomic mass is 10.1. The smallest absolute Gasteiger partial charge is 0.341 e. The number of fused-ring (bicyclic) bond motifs is 1. The van der Waals surface area contributed by atoms with Crippen LogP contribution >= 0.6 is 0 Å². The summed E-state index contributed by atoms with van der Waals surface area (Å²) in [4.78, 5) is 28.2. The molecular weight excluding hydrogens is 338 g/mol. The van der Waals surface area contributed by atoms with E-state index in [1.54, 1.807) is 10.8 Å². The number of esters is 1. The largest absolute Gasteiger partial charge is 0.465 e. The van der Waals surface area contributed by atoms with E-state index in [9.17, 15) is 9.59 Å². The molecule has 2 aliphatic heterocycles. The van der Waals surface area contributed by atoms with Crippen LogP contribution in [0.1, 0.15) is 16.2 Å². The van der Waals surface area contributed by atoms with Crippen molar-refractivity contribution < 1.29 is 14.1 Å². The van der Waals surface area contributed by atoms with Crippen molar-refractivity contribution >= 4 is 5.97 Å². The zero-order valence-electron chi connectivity index (χ0n) is 13.7. The van der Waals surface area contributed by atoms with Crippen LogP contribution in [0.15, 0.2) is 52.0 Å². The van der Waals surface area contributed by atoms with Gasteiger partial charge < -0.3 is 13.8 Å². The maximum atomic E-state index is 12.0. The van der Waals surface area contributed by atoms with Gasteiger partial charge in [0.2, 0.25) is 11.7 Å². The summed E-state index contributed by atoms with van der Waals surface area (Å²) in [6.45, 7) is 0.185. The van der Waals surface area contributed by atoms with Gasteiger partial charge in [-0.1, -0.05) is 35.5 Å². The predicted molar refractivity (Wildman–Crippen MR) is 89.6 cm³/mol. The van der Waals surface area contributed by atoms with E-state index < -0.39 is 11.5 Å². The van der Waals surface area contributed by atoms with E-state index in [2.05, 4.69) is 20.3 Å². The summed E-state index contributed by atoms with van der Waals surface area (Å²) >= 11 is 0. The molecule has 9 heteroatoms. The molecule has 0 spiro atoms. The third-order valence-corrected chi connectivity index (χ3v) is 3.84. The highest BCUT2D eigenvalue weighted by Crippen LogP contribution is 2.21. The molecule has 3 heterocycles. The van der Waals surface area contributed by atoms with Gasteiger partial charge in [0.1, 0.15) is 17.8 Å². The molecule has 0 radical (unpaired) electrons. The van der Waals surface area contributed by atoms with Crippen molar-refractivity contribution in [3.05, 3.63) is 64.5 Å². The Hall–Kier alpha value is -3.75. The fraction of sp³-hybridized carbons (Fsp3) is 0.118. The zero-order chi connectivity index (χ0) is 18.1. The molecule has 0 amide bonds. The second kappa shape index (κ2) is 6.28. The molecule has 0 bridgehead atoms. The zero-order valence-corrected chi connectivity index (χ0v) is 13.7. The van der Waals surface area contributed by atoms with E-state index in [1.807, 2.05) is 30.3 Å². The minimum absolute atomic E-state index is 0.172. The van der Waals surface area contributed by atoms with Gasteiger partial charge in [0.25, 0.3) is 5.56 Å². The summed E-state index contributed by atoms with van der Waals surface area (Å²) in [6.07, 6.45) is 3.10. The first-order valence-electron chi connectivity index (χ1n) is 7.70. The third kappa shape index (κ3) is 2.75. The molecule has 0 aliphatic carbocycles. The van der Waals surface area contributed by atoms with E-state index in [4.69, 9.17) is 9.26 Å². The maximum Gasteiger partial charge on any atom is 0.341 e. The minimum Gasteiger partial charge on any atom is -0.465 e. The van der Waals surface area contributed by atoms with Crippen molar-refractivity contribution in [2.75, 3.05) is 7.11 Å². The lowest BCUT2D eigenvalue weighted by molar-refractivity contribution is 0.0600. The molecule has 4 rings (SSSR count). The molecule has 1 aromatic carbocycles. The van der Waals surface area contributed by atoms with Gasteiger partial charge in [-0.2, -0.15) is 10.1 Å². The molecule has 9 nitrogen and oxygen atoms in total. The Balaban J connectivity index is 1.71. The number of pyridine rings is 1. The van der Waals surface area contributed by atoms with Gasteiger partial charge in [0.05, 0.1) is 12.7 Å². The molecule has 0 saturated heterocycles. The molecule has 130 valence electrons. The summed E-state index contributed by atoms with van der Waals surface area (Å²) in [5.41, 5.74) is 1.14. The highest BCUT2D eigenvalue weighted by molar-refractivity contribution is 5.95. The lowest BCUT2D eigenvalue weighted by Gasteiger charge is -2.09. The van der Waals surface area contributed by atoms with Gasteiger partial charge in [-0.25, -0.2) is 9.89 Å². The Kier molecular flexibility index (Phi) is 3.81. The fourth-order valence-corrected chi connectivity index (χ4v) is 2.62. The van der Waals surface area contributed by atoms with Crippen molar-refractivity contribution in [3.8, 4) is 22.6 Å². The molecular formula is C17H13N5O4. The summed E-state index contributed by atoms with van der Waals surface area (Å²) in [6, 6.07) is 9.41.